The maximum absolute atomic E-state index is 11.2. The van der Waals surface area contributed by atoms with E-state index in [2.05, 4.69) is 4.98 Å². The summed E-state index contributed by atoms with van der Waals surface area (Å²) in [6.45, 7) is 0. The van der Waals surface area contributed by atoms with Crippen LogP contribution in [0.5, 0.6) is 0 Å². The van der Waals surface area contributed by atoms with Gasteiger partial charge in [0.2, 0.25) is 0 Å². The molecule has 0 atom stereocenters. The van der Waals surface area contributed by atoms with Crippen molar-refractivity contribution in [3.8, 4) is 11.3 Å². The third-order valence-electron chi connectivity index (χ3n) is 3.26. The SMILES string of the molecule is CO/C=C(/Cc1csc2nc(-c3ccccc3)cn12)C(=O)O. The maximum Gasteiger partial charge on any atom is 0.335 e. The molecular weight excluding hydrogens is 300 g/mol. The highest BCUT2D eigenvalue weighted by molar-refractivity contribution is 7.15. The number of carbonyl (C=O) groups is 1. The fraction of sp³-hybridized carbons (Fsp3) is 0.125. The highest BCUT2D eigenvalue weighted by Crippen LogP contribution is 2.24. The Morgan fingerprint density at radius 3 is 2.86 bits per heavy atom. The van der Waals surface area contributed by atoms with Crippen molar-refractivity contribution in [2.75, 3.05) is 7.11 Å². The van der Waals surface area contributed by atoms with Gasteiger partial charge in [0, 0.05) is 29.3 Å². The lowest BCUT2D eigenvalue weighted by Crippen LogP contribution is -2.05. The van der Waals surface area contributed by atoms with E-state index >= 15 is 0 Å². The number of carboxylic acids is 1. The smallest absolute Gasteiger partial charge is 0.335 e. The summed E-state index contributed by atoms with van der Waals surface area (Å²) in [7, 11) is 1.44. The topological polar surface area (TPSA) is 63.8 Å². The molecule has 0 saturated heterocycles. The lowest BCUT2D eigenvalue weighted by Gasteiger charge is -2.01. The van der Waals surface area contributed by atoms with Gasteiger partial charge in [0.15, 0.2) is 4.96 Å². The van der Waals surface area contributed by atoms with Crippen LogP contribution in [0.15, 0.2) is 53.7 Å². The van der Waals surface area contributed by atoms with Gasteiger partial charge in [0.25, 0.3) is 0 Å². The zero-order valence-corrected chi connectivity index (χ0v) is 12.7. The minimum atomic E-state index is -0.982. The number of rotatable bonds is 5. The number of imidazole rings is 1. The zero-order chi connectivity index (χ0) is 15.5. The van der Waals surface area contributed by atoms with Crippen molar-refractivity contribution in [2.24, 2.45) is 0 Å². The summed E-state index contributed by atoms with van der Waals surface area (Å²) in [5, 5.41) is 11.1. The van der Waals surface area contributed by atoms with E-state index in [-0.39, 0.29) is 12.0 Å². The Hall–Kier alpha value is -2.60. The largest absolute Gasteiger partial charge is 0.504 e. The molecular formula is C16H14N2O3S. The van der Waals surface area contributed by atoms with E-state index in [9.17, 15) is 9.90 Å². The van der Waals surface area contributed by atoms with Crippen LogP contribution in [0.4, 0.5) is 0 Å². The fourth-order valence-corrected chi connectivity index (χ4v) is 3.08. The lowest BCUT2D eigenvalue weighted by molar-refractivity contribution is -0.132. The van der Waals surface area contributed by atoms with Crippen LogP contribution < -0.4 is 0 Å². The summed E-state index contributed by atoms with van der Waals surface area (Å²) in [4.78, 5) is 16.6. The van der Waals surface area contributed by atoms with Gasteiger partial charge in [-0.3, -0.25) is 4.40 Å². The molecule has 0 unspecified atom stereocenters. The molecule has 0 spiro atoms. The van der Waals surface area contributed by atoms with Crippen molar-refractivity contribution < 1.29 is 14.6 Å². The first-order chi connectivity index (χ1) is 10.7. The molecule has 0 bridgehead atoms. The summed E-state index contributed by atoms with van der Waals surface area (Å²) in [5.41, 5.74) is 2.99. The van der Waals surface area contributed by atoms with E-state index in [4.69, 9.17) is 4.74 Å². The number of benzene rings is 1. The molecule has 3 aromatic rings. The number of aromatic nitrogens is 2. The first-order valence-corrected chi connectivity index (χ1v) is 7.53. The Morgan fingerprint density at radius 1 is 1.41 bits per heavy atom. The molecule has 2 heterocycles. The molecule has 1 aromatic carbocycles. The summed E-state index contributed by atoms with van der Waals surface area (Å²) in [5.74, 6) is -0.982. The summed E-state index contributed by atoms with van der Waals surface area (Å²) >= 11 is 1.49. The van der Waals surface area contributed by atoms with Crippen molar-refractivity contribution in [2.45, 2.75) is 6.42 Å². The van der Waals surface area contributed by atoms with Crippen molar-refractivity contribution in [1.29, 1.82) is 0 Å². The average molecular weight is 314 g/mol. The van der Waals surface area contributed by atoms with Crippen LogP contribution in [0.3, 0.4) is 0 Å². The number of aliphatic carboxylic acids is 1. The van der Waals surface area contributed by atoms with E-state index in [1.807, 2.05) is 46.3 Å². The number of nitrogens with zero attached hydrogens (tertiary/aromatic N) is 2. The molecule has 6 heteroatoms. The van der Waals surface area contributed by atoms with Gasteiger partial charge >= 0.3 is 5.97 Å². The summed E-state index contributed by atoms with van der Waals surface area (Å²) < 4.78 is 6.77. The highest BCUT2D eigenvalue weighted by atomic mass is 32.1. The third-order valence-corrected chi connectivity index (χ3v) is 4.15. The number of fused-ring (bicyclic) bond motifs is 1. The van der Waals surface area contributed by atoms with Crippen molar-refractivity contribution in [3.63, 3.8) is 0 Å². The minimum absolute atomic E-state index is 0.206. The quantitative estimate of drug-likeness (QED) is 0.580. The molecule has 2 aromatic heterocycles. The van der Waals surface area contributed by atoms with Crippen LogP contribution in [-0.2, 0) is 16.0 Å². The predicted octanol–water partition coefficient (Wildman–Crippen LogP) is 3.22. The van der Waals surface area contributed by atoms with Crippen LogP contribution in [-0.4, -0.2) is 27.6 Å². The first kappa shape index (κ1) is 14.3. The third kappa shape index (κ3) is 2.73. The second kappa shape index (κ2) is 6.03. The number of ether oxygens (including phenoxy) is 1. The second-order valence-electron chi connectivity index (χ2n) is 4.73. The first-order valence-electron chi connectivity index (χ1n) is 6.65. The van der Waals surface area contributed by atoms with E-state index in [0.29, 0.717) is 0 Å². The van der Waals surface area contributed by atoms with Crippen molar-refractivity contribution in [3.05, 3.63) is 59.4 Å². The molecule has 5 nitrogen and oxygen atoms in total. The lowest BCUT2D eigenvalue weighted by atomic mass is 10.1. The van der Waals surface area contributed by atoms with E-state index in [0.717, 1.165) is 21.9 Å². The number of hydrogen-bond donors (Lipinski definition) is 1. The van der Waals surface area contributed by atoms with Gasteiger partial charge in [0.1, 0.15) is 0 Å². The van der Waals surface area contributed by atoms with Gasteiger partial charge in [0.05, 0.1) is 24.6 Å². The van der Waals surface area contributed by atoms with Gasteiger partial charge < -0.3 is 9.84 Å². The average Bonchev–Trinajstić information content (AvgIpc) is 3.09. The van der Waals surface area contributed by atoms with Gasteiger partial charge in [-0.1, -0.05) is 30.3 Å². The normalized spacial score (nSPS) is 11.8. The minimum Gasteiger partial charge on any atom is -0.504 e. The molecule has 1 N–H and O–H groups in total. The predicted molar refractivity (Wildman–Crippen MR) is 84.9 cm³/mol. The molecule has 0 radical (unpaired) electrons. The Labute approximate surface area is 131 Å². The molecule has 0 aliphatic rings. The molecule has 0 aliphatic heterocycles. The number of thiazole rings is 1. The van der Waals surface area contributed by atoms with Crippen molar-refractivity contribution >= 4 is 22.3 Å². The molecule has 0 aliphatic carbocycles. The molecule has 22 heavy (non-hydrogen) atoms. The monoisotopic (exact) mass is 314 g/mol. The van der Waals surface area contributed by atoms with Crippen LogP contribution in [0.1, 0.15) is 5.69 Å². The standard InChI is InChI=1S/C16H14N2O3S/c1-21-9-12(15(19)20)7-13-10-22-16-17-14(8-18(13)16)11-5-3-2-4-6-11/h2-6,8-10H,7H2,1H3,(H,19,20)/b12-9-. The number of methoxy groups -OCH3 is 1. The van der Waals surface area contributed by atoms with Gasteiger partial charge in [-0.2, -0.15) is 0 Å². The van der Waals surface area contributed by atoms with Gasteiger partial charge in [-0.05, 0) is 0 Å². The van der Waals surface area contributed by atoms with Crippen LogP contribution in [0.25, 0.3) is 16.2 Å². The van der Waals surface area contributed by atoms with Gasteiger partial charge in [-0.15, -0.1) is 11.3 Å². The van der Waals surface area contributed by atoms with Crippen LogP contribution in [0.2, 0.25) is 0 Å². The Morgan fingerprint density at radius 2 is 2.18 bits per heavy atom. The molecule has 0 amide bonds. The molecule has 0 saturated carbocycles. The highest BCUT2D eigenvalue weighted by Gasteiger charge is 2.14. The Bertz CT molecular complexity index is 834. The van der Waals surface area contributed by atoms with Gasteiger partial charge in [-0.25, -0.2) is 9.78 Å². The fourth-order valence-electron chi connectivity index (χ4n) is 2.21. The summed E-state index contributed by atoms with van der Waals surface area (Å²) in [6, 6.07) is 9.89. The maximum atomic E-state index is 11.2. The number of carboxylic acid groups (broad SMARTS) is 1. The van der Waals surface area contributed by atoms with E-state index < -0.39 is 5.97 Å². The van der Waals surface area contributed by atoms with Crippen LogP contribution >= 0.6 is 11.3 Å². The number of hydrogen-bond acceptors (Lipinski definition) is 4. The molecule has 3 rings (SSSR count). The van der Waals surface area contributed by atoms with Crippen molar-refractivity contribution in [1.82, 2.24) is 9.38 Å². The Kier molecular flexibility index (Phi) is 3.93. The molecule has 112 valence electrons. The van der Waals surface area contributed by atoms with E-state index in [1.165, 1.54) is 24.7 Å². The Balaban J connectivity index is 1.97. The van der Waals surface area contributed by atoms with Crippen LogP contribution in [0, 0.1) is 0 Å². The summed E-state index contributed by atoms with van der Waals surface area (Å²) in [6.07, 6.45) is 3.48. The van der Waals surface area contributed by atoms with E-state index in [1.54, 1.807) is 0 Å². The molecule has 0 fully saturated rings. The zero-order valence-electron chi connectivity index (χ0n) is 11.9. The second-order valence-corrected chi connectivity index (χ2v) is 5.57.